The van der Waals surface area contributed by atoms with Crippen LogP contribution >= 0.6 is 11.3 Å². The first-order valence-corrected chi connectivity index (χ1v) is 7.99. The zero-order valence-electron chi connectivity index (χ0n) is 10.6. The number of morpholine rings is 1. The first-order chi connectivity index (χ1) is 8.75. The SMILES string of the molecule is CC1(C)COCCN1S(=O)(=O)c1csc(C(=O)O)c1. The molecule has 0 saturated carbocycles. The Morgan fingerprint density at radius 1 is 1.53 bits per heavy atom. The number of nitrogens with zero attached hydrogens (tertiary/aromatic N) is 1. The van der Waals surface area contributed by atoms with Crippen molar-refractivity contribution in [3.05, 3.63) is 16.3 Å². The van der Waals surface area contributed by atoms with Crippen LogP contribution in [0.25, 0.3) is 0 Å². The molecule has 0 aliphatic carbocycles. The van der Waals surface area contributed by atoms with Crippen molar-refractivity contribution in [3.8, 4) is 0 Å². The molecule has 0 aromatic carbocycles. The van der Waals surface area contributed by atoms with Gasteiger partial charge in [-0.05, 0) is 19.9 Å². The van der Waals surface area contributed by atoms with Gasteiger partial charge in [0.2, 0.25) is 10.0 Å². The fourth-order valence-corrected chi connectivity index (χ4v) is 4.83. The highest BCUT2D eigenvalue weighted by atomic mass is 32.2. The van der Waals surface area contributed by atoms with Crippen molar-refractivity contribution in [1.29, 1.82) is 0 Å². The van der Waals surface area contributed by atoms with Gasteiger partial charge in [-0.1, -0.05) is 0 Å². The Morgan fingerprint density at radius 3 is 2.74 bits per heavy atom. The van der Waals surface area contributed by atoms with Gasteiger partial charge < -0.3 is 9.84 Å². The number of carboxylic acid groups (broad SMARTS) is 1. The summed E-state index contributed by atoms with van der Waals surface area (Å²) < 4.78 is 31.7. The van der Waals surface area contributed by atoms with Gasteiger partial charge >= 0.3 is 5.97 Å². The minimum Gasteiger partial charge on any atom is -0.477 e. The molecule has 6 nitrogen and oxygen atoms in total. The van der Waals surface area contributed by atoms with Crippen LogP contribution in [0.15, 0.2) is 16.3 Å². The number of thiophene rings is 1. The summed E-state index contributed by atoms with van der Waals surface area (Å²) in [5, 5.41) is 10.2. The number of carboxylic acids is 1. The monoisotopic (exact) mass is 305 g/mol. The summed E-state index contributed by atoms with van der Waals surface area (Å²) in [6.07, 6.45) is 0. The van der Waals surface area contributed by atoms with Crippen LogP contribution in [0.1, 0.15) is 23.5 Å². The molecule has 1 aliphatic rings. The Labute approximate surface area is 115 Å². The Kier molecular flexibility index (Phi) is 3.69. The second-order valence-electron chi connectivity index (χ2n) is 4.89. The number of hydrogen-bond donors (Lipinski definition) is 1. The Hall–Kier alpha value is -0.960. The number of rotatable bonds is 3. The van der Waals surface area contributed by atoms with Gasteiger partial charge in [-0.15, -0.1) is 11.3 Å². The Bertz CT molecular complexity index is 590. The van der Waals surface area contributed by atoms with E-state index in [-0.39, 0.29) is 16.3 Å². The zero-order valence-corrected chi connectivity index (χ0v) is 12.3. The summed E-state index contributed by atoms with van der Waals surface area (Å²) in [7, 11) is -3.68. The lowest BCUT2D eigenvalue weighted by Gasteiger charge is -2.40. The molecule has 8 heteroatoms. The highest BCUT2D eigenvalue weighted by Gasteiger charge is 2.40. The highest BCUT2D eigenvalue weighted by molar-refractivity contribution is 7.89. The van der Waals surface area contributed by atoms with Crippen LogP contribution in [0, 0.1) is 0 Å². The van der Waals surface area contributed by atoms with E-state index in [9.17, 15) is 13.2 Å². The van der Waals surface area contributed by atoms with Crippen LogP contribution in [0.5, 0.6) is 0 Å². The highest BCUT2D eigenvalue weighted by Crippen LogP contribution is 2.29. The van der Waals surface area contributed by atoms with E-state index in [0.717, 1.165) is 11.3 Å². The van der Waals surface area contributed by atoms with Gasteiger partial charge in [0.15, 0.2) is 0 Å². The molecule has 1 N–H and O–H groups in total. The van der Waals surface area contributed by atoms with E-state index in [1.54, 1.807) is 13.8 Å². The zero-order chi connectivity index (χ0) is 14.3. The van der Waals surface area contributed by atoms with Crippen molar-refractivity contribution >= 4 is 27.3 Å². The molecule has 2 rings (SSSR count). The number of aromatic carboxylic acids is 1. The largest absolute Gasteiger partial charge is 0.477 e. The van der Waals surface area contributed by atoms with Crippen LogP contribution in [0.3, 0.4) is 0 Å². The Balaban J connectivity index is 2.38. The molecule has 1 saturated heterocycles. The van der Waals surface area contributed by atoms with Crippen molar-refractivity contribution in [2.75, 3.05) is 19.8 Å². The fourth-order valence-electron chi connectivity index (χ4n) is 1.98. The lowest BCUT2D eigenvalue weighted by atomic mass is 10.1. The third kappa shape index (κ3) is 2.66. The molecule has 19 heavy (non-hydrogen) atoms. The molecule has 1 aromatic rings. The van der Waals surface area contributed by atoms with Gasteiger partial charge in [-0.25, -0.2) is 13.2 Å². The van der Waals surface area contributed by atoms with Crippen LogP contribution in [-0.4, -0.2) is 49.1 Å². The molecule has 106 valence electrons. The van der Waals surface area contributed by atoms with Crippen LogP contribution < -0.4 is 0 Å². The minimum atomic E-state index is -3.68. The van der Waals surface area contributed by atoms with Crippen LogP contribution in [0.2, 0.25) is 0 Å². The average molecular weight is 305 g/mol. The predicted octanol–water partition coefficient (Wildman–Crippen LogP) is 1.25. The lowest BCUT2D eigenvalue weighted by molar-refractivity contribution is -0.00769. The van der Waals surface area contributed by atoms with Gasteiger partial charge in [0.25, 0.3) is 0 Å². The third-order valence-electron chi connectivity index (χ3n) is 2.94. The van der Waals surface area contributed by atoms with Gasteiger partial charge in [-0.2, -0.15) is 4.31 Å². The normalized spacial score (nSPS) is 20.3. The topological polar surface area (TPSA) is 83.9 Å². The average Bonchev–Trinajstić information content (AvgIpc) is 2.77. The summed E-state index contributed by atoms with van der Waals surface area (Å²) in [6.45, 7) is 4.51. The molecule has 0 spiro atoms. The standard InChI is InChI=1S/C11H15NO5S2/c1-11(2)7-17-4-3-12(11)19(15,16)8-5-9(10(13)14)18-6-8/h5-6H,3-4,7H2,1-2H3,(H,13,14). The van der Waals surface area contributed by atoms with Crippen LogP contribution in [-0.2, 0) is 14.8 Å². The van der Waals surface area contributed by atoms with E-state index in [1.807, 2.05) is 0 Å². The molecule has 0 bridgehead atoms. The van der Waals surface area contributed by atoms with Crippen molar-refractivity contribution in [3.63, 3.8) is 0 Å². The number of hydrogen-bond acceptors (Lipinski definition) is 5. The smallest absolute Gasteiger partial charge is 0.345 e. The van der Waals surface area contributed by atoms with E-state index >= 15 is 0 Å². The minimum absolute atomic E-state index is 0.0182. The van der Waals surface area contributed by atoms with Crippen molar-refractivity contribution in [2.24, 2.45) is 0 Å². The Morgan fingerprint density at radius 2 is 2.21 bits per heavy atom. The summed E-state index contributed by atoms with van der Waals surface area (Å²) in [5.41, 5.74) is -0.637. The summed E-state index contributed by atoms with van der Waals surface area (Å²) in [5.74, 6) is -1.12. The van der Waals surface area contributed by atoms with Gasteiger partial charge in [0.1, 0.15) is 4.88 Å². The van der Waals surface area contributed by atoms with E-state index in [2.05, 4.69) is 0 Å². The quantitative estimate of drug-likeness (QED) is 0.908. The molecular formula is C11H15NO5S2. The van der Waals surface area contributed by atoms with Crippen molar-refractivity contribution in [1.82, 2.24) is 4.31 Å². The summed E-state index contributed by atoms with van der Waals surface area (Å²) >= 11 is 0.912. The van der Waals surface area contributed by atoms with E-state index < -0.39 is 21.5 Å². The van der Waals surface area contributed by atoms with Crippen LogP contribution in [0.4, 0.5) is 0 Å². The van der Waals surface area contributed by atoms with Gasteiger partial charge in [0, 0.05) is 11.9 Å². The van der Waals surface area contributed by atoms with Crippen molar-refractivity contribution < 1.29 is 23.1 Å². The summed E-state index contributed by atoms with van der Waals surface area (Å²) in [4.78, 5) is 10.9. The maximum atomic E-state index is 12.5. The maximum absolute atomic E-state index is 12.5. The molecule has 2 heterocycles. The van der Waals surface area contributed by atoms with Gasteiger partial charge in [0.05, 0.1) is 23.6 Å². The van der Waals surface area contributed by atoms with Crippen molar-refractivity contribution in [2.45, 2.75) is 24.3 Å². The maximum Gasteiger partial charge on any atom is 0.345 e. The fraction of sp³-hybridized carbons (Fsp3) is 0.545. The molecule has 0 unspecified atom stereocenters. The second kappa shape index (κ2) is 4.86. The van der Waals surface area contributed by atoms with E-state index in [4.69, 9.17) is 9.84 Å². The predicted molar refractivity (Wildman–Crippen MR) is 70.1 cm³/mol. The molecule has 0 radical (unpaired) electrons. The molecule has 0 atom stereocenters. The van der Waals surface area contributed by atoms with E-state index in [1.165, 1.54) is 15.8 Å². The number of carbonyl (C=O) groups is 1. The number of ether oxygens (including phenoxy) is 1. The molecule has 1 aliphatic heterocycles. The molecular weight excluding hydrogens is 290 g/mol. The van der Waals surface area contributed by atoms with Gasteiger partial charge in [-0.3, -0.25) is 0 Å². The molecule has 1 aromatic heterocycles. The van der Waals surface area contributed by atoms with E-state index in [0.29, 0.717) is 13.2 Å². The summed E-state index contributed by atoms with van der Waals surface area (Å²) in [6, 6.07) is 1.20. The number of sulfonamides is 1. The third-order valence-corrected chi connectivity index (χ3v) is 6.10. The molecule has 0 amide bonds. The second-order valence-corrected chi connectivity index (χ2v) is 7.67. The first-order valence-electron chi connectivity index (χ1n) is 5.67. The lowest BCUT2D eigenvalue weighted by Crippen LogP contribution is -2.55. The molecule has 1 fully saturated rings. The first kappa shape index (κ1) is 14.4.